The number of benzene rings is 2. The normalized spacial score (nSPS) is 14.7. The van der Waals surface area contributed by atoms with Crippen LogP contribution < -0.4 is 19.7 Å². The topological polar surface area (TPSA) is 63.9 Å². The zero-order valence-electron chi connectivity index (χ0n) is 16.9. The van der Waals surface area contributed by atoms with Crippen LogP contribution in [0.4, 0.5) is 5.69 Å². The number of furan rings is 1. The molecule has 1 amide bonds. The molecule has 1 aromatic heterocycles. The fourth-order valence-corrected chi connectivity index (χ4v) is 4.13. The van der Waals surface area contributed by atoms with Crippen LogP contribution in [0.25, 0.3) is 6.08 Å². The third kappa shape index (κ3) is 4.82. The van der Waals surface area contributed by atoms with Gasteiger partial charge in [-0.3, -0.25) is 4.79 Å². The molecule has 9 heteroatoms. The van der Waals surface area contributed by atoms with Crippen LogP contribution in [-0.4, -0.2) is 17.6 Å². The second-order valence-corrected chi connectivity index (χ2v) is 8.41. The summed E-state index contributed by atoms with van der Waals surface area (Å²) in [5, 5.41) is 3.72. The van der Waals surface area contributed by atoms with Gasteiger partial charge in [-0.2, -0.15) is 0 Å². The third-order valence-electron chi connectivity index (χ3n) is 4.52. The molecule has 6 nitrogen and oxygen atoms in total. The van der Waals surface area contributed by atoms with E-state index in [4.69, 9.17) is 37.7 Å². The molecule has 0 spiro atoms. The second kappa shape index (κ2) is 9.77. The standard InChI is InChI=1S/C23H18BrClN2O4S/c1-2-29-21-6-4-3-5-19(21)27-22(28)18(26-23(27)32)12-15-8-9-16(31-15)13-30-20-10-7-14(24)11-17(20)25/h3-12H,2,13H2,1H3,(H,26,32)/b18-12+. The molecule has 1 fully saturated rings. The predicted octanol–water partition coefficient (Wildman–Crippen LogP) is 5.94. The lowest BCUT2D eigenvalue weighted by Crippen LogP contribution is -2.30. The molecule has 4 rings (SSSR count). The van der Waals surface area contributed by atoms with Crippen LogP contribution >= 0.6 is 39.7 Å². The van der Waals surface area contributed by atoms with E-state index >= 15 is 0 Å². The molecule has 164 valence electrons. The highest BCUT2D eigenvalue weighted by Crippen LogP contribution is 2.32. The van der Waals surface area contributed by atoms with E-state index < -0.39 is 0 Å². The van der Waals surface area contributed by atoms with Gasteiger partial charge in [-0.1, -0.05) is 39.7 Å². The molecule has 0 saturated carbocycles. The van der Waals surface area contributed by atoms with Crippen molar-refractivity contribution in [1.82, 2.24) is 5.32 Å². The highest BCUT2D eigenvalue weighted by atomic mass is 79.9. The van der Waals surface area contributed by atoms with Crippen LogP contribution in [-0.2, 0) is 11.4 Å². The highest BCUT2D eigenvalue weighted by molar-refractivity contribution is 9.10. The van der Waals surface area contributed by atoms with Crippen LogP contribution in [0.5, 0.6) is 11.5 Å². The van der Waals surface area contributed by atoms with Crippen molar-refractivity contribution in [2.75, 3.05) is 11.5 Å². The lowest BCUT2D eigenvalue weighted by atomic mass is 10.2. The number of carbonyl (C=O) groups is 1. The van der Waals surface area contributed by atoms with Crippen molar-refractivity contribution in [2.45, 2.75) is 13.5 Å². The Hall–Kier alpha value is -2.81. The number of rotatable bonds is 7. The number of halogens is 2. The summed E-state index contributed by atoms with van der Waals surface area (Å²) in [4.78, 5) is 14.4. The highest BCUT2D eigenvalue weighted by Gasteiger charge is 2.34. The Morgan fingerprint density at radius 2 is 1.97 bits per heavy atom. The molecule has 1 aliphatic heterocycles. The van der Waals surface area contributed by atoms with Crippen LogP contribution in [0.2, 0.25) is 5.02 Å². The van der Waals surface area contributed by atoms with Crippen molar-refractivity contribution in [1.29, 1.82) is 0 Å². The van der Waals surface area contributed by atoms with Crippen LogP contribution in [0, 0.1) is 0 Å². The van der Waals surface area contributed by atoms with Gasteiger partial charge in [0.1, 0.15) is 35.3 Å². The number of anilines is 1. The van der Waals surface area contributed by atoms with Gasteiger partial charge in [-0.25, -0.2) is 4.90 Å². The lowest BCUT2D eigenvalue weighted by Gasteiger charge is -2.17. The first-order chi connectivity index (χ1) is 15.5. The fraction of sp³-hybridized carbons (Fsp3) is 0.130. The summed E-state index contributed by atoms with van der Waals surface area (Å²) in [5.74, 6) is 1.91. The zero-order chi connectivity index (χ0) is 22.7. The van der Waals surface area contributed by atoms with E-state index in [1.165, 1.54) is 4.90 Å². The molecule has 1 N–H and O–H groups in total. The monoisotopic (exact) mass is 532 g/mol. The first-order valence-electron chi connectivity index (χ1n) is 9.71. The van der Waals surface area contributed by atoms with Crippen LogP contribution in [0.15, 0.2) is 69.2 Å². The Morgan fingerprint density at radius 1 is 1.16 bits per heavy atom. The van der Waals surface area contributed by atoms with E-state index in [-0.39, 0.29) is 17.6 Å². The molecule has 0 radical (unpaired) electrons. The summed E-state index contributed by atoms with van der Waals surface area (Å²) in [6.45, 7) is 2.55. The van der Waals surface area contributed by atoms with Crippen molar-refractivity contribution < 1.29 is 18.7 Å². The van der Waals surface area contributed by atoms with Crippen molar-refractivity contribution in [3.05, 3.63) is 81.3 Å². The summed E-state index contributed by atoms with van der Waals surface area (Å²) < 4.78 is 18.0. The minimum atomic E-state index is -0.294. The zero-order valence-corrected chi connectivity index (χ0v) is 20.1. The lowest BCUT2D eigenvalue weighted by molar-refractivity contribution is -0.113. The Balaban J connectivity index is 1.49. The molecule has 0 atom stereocenters. The van der Waals surface area contributed by atoms with E-state index in [0.717, 1.165) is 4.47 Å². The number of thiocarbonyl (C=S) groups is 1. The van der Waals surface area contributed by atoms with E-state index in [0.29, 0.717) is 46.0 Å². The van der Waals surface area contributed by atoms with Gasteiger partial charge in [0.25, 0.3) is 5.91 Å². The Bertz CT molecular complexity index is 1210. The molecule has 0 unspecified atom stereocenters. The summed E-state index contributed by atoms with van der Waals surface area (Å²) in [7, 11) is 0. The SMILES string of the molecule is CCOc1ccccc1N1C(=O)/C(=C\c2ccc(COc3ccc(Br)cc3Cl)o2)NC1=S. The van der Waals surface area contributed by atoms with E-state index in [2.05, 4.69) is 21.2 Å². The summed E-state index contributed by atoms with van der Waals surface area (Å²) in [6, 6.07) is 16.2. The van der Waals surface area contributed by atoms with Gasteiger partial charge in [0.05, 0.1) is 17.3 Å². The average molecular weight is 534 g/mol. The second-order valence-electron chi connectivity index (χ2n) is 6.70. The van der Waals surface area contributed by atoms with Crippen molar-refractivity contribution in [3.8, 4) is 11.5 Å². The Kier molecular flexibility index (Phi) is 6.83. The maximum Gasteiger partial charge on any atom is 0.281 e. The fourth-order valence-electron chi connectivity index (χ4n) is 3.11. The van der Waals surface area contributed by atoms with E-state index in [1.54, 1.807) is 42.5 Å². The van der Waals surface area contributed by atoms with Crippen molar-refractivity contribution in [3.63, 3.8) is 0 Å². The Labute approximate surface area is 203 Å². The number of para-hydroxylation sites is 2. The summed E-state index contributed by atoms with van der Waals surface area (Å²) >= 11 is 14.9. The molecule has 0 bridgehead atoms. The first kappa shape index (κ1) is 22.4. The predicted molar refractivity (Wildman–Crippen MR) is 131 cm³/mol. The average Bonchev–Trinajstić information content (AvgIpc) is 3.32. The molecular weight excluding hydrogens is 516 g/mol. The Morgan fingerprint density at radius 3 is 2.75 bits per heavy atom. The quantitative estimate of drug-likeness (QED) is 0.300. The number of amides is 1. The van der Waals surface area contributed by atoms with E-state index in [1.807, 2.05) is 25.1 Å². The first-order valence-corrected chi connectivity index (χ1v) is 11.3. The van der Waals surface area contributed by atoms with E-state index in [9.17, 15) is 4.79 Å². The van der Waals surface area contributed by atoms with Crippen molar-refractivity contribution in [2.24, 2.45) is 0 Å². The van der Waals surface area contributed by atoms with Gasteiger partial charge in [-0.05, 0) is 61.6 Å². The molecular formula is C23H18BrClN2O4S. The molecule has 3 aromatic rings. The number of hydrogen-bond acceptors (Lipinski definition) is 5. The number of ether oxygens (including phenoxy) is 2. The van der Waals surface area contributed by atoms with Gasteiger partial charge in [0.2, 0.25) is 0 Å². The molecule has 1 saturated heterocycles. The number of nitrogens with one attached hydrogen (secondary N) is 1. The number of nitrogens with zero attached hydrogens (tertiary/aromatic N) is 1. The maximum atomic E-state index is 13.0. The minimum absolute atomic E-state index is 0.193. The molecule has 0 aliphatic carbocycles. The maximum absolute atomic E-state index is 13.0. The van der Waals surface area contributed by atoms with Gasteiger partial charge in [0, 0.05) is 10.5 Å². The summed E-state index contributed by atoms with van der Waals surface area (Å²) in [5.41, 5.74) is 0.888. The molecule has 32 heavy (non-hydrogen) atoms. The van der Waals surface area contributed by atoms with Crippen LogP contribution in [0.1, 0.15) is 18.4 Å². The van der Waals surface area contributed by atoms with Crippen molar-refractivity contribution >= 4 is 62.5 Å². The van der Waals surface area contributed by atoms with Gasteiger partial charge in [-0.15, -0.1) is 0 Å². The molecule has 1 aliphatic rings. The third-order valence-corrected chi connectivity index (χ3v) is 5.59. The van der Waals surface area contributed by atoms with Gasteiger partial charge >= 0.3 is 0 Å². The smallest absolute Gasteiger partial charge is 0.281 e. The number of hydrogen-bond donors (Lipinski definition) is 1. The van der Waals surface area contributed by atoms with Gasteiger partial charge < -0.3 is 19.2 Å². The molecule has 2 aromatic carbocycles. The largest absolute Gasteiger partial charge is 0.492 e. The van der Waals surface area contributed by atoms with Gasteiger partial charge in [0.15, 0.2) is 5.11 Å². The summed E-state index contributed by atoms with van der Waals surface area (Å²) in [6.07, 6.45) is 1.61. The molecule has 2 heterocycles. The van der Waals surface area contributed by atoms with Crippen LogP contribution in [0.3, 0.4) is 0 Å². The minimum Gasteiger partial charge on any atom is -0.492 e. The number of carbonyl (C=O) groups excluding carboxylic acids is 1.